The van der Waals surface area contributed by atoms with E-state index in [0.29, 0.717) is 61.2 Å². The summed E-state index contributed by atoms with van der Waals surface area (Å²) in [6, 6.07) is 46.6. The Bertz CT molecular complexity index is 6910. The number of hydrogen-bond acceptors (Lipinski definition) is 34. The number of hydrogen-bond donors (Lipinski definition) is 10. The zero-order valence-electron chi connectivity index (χ0n) is 82.2. The Morgan fingerprint density at radius 1 is 0.356 bits per heavy atom. The van der Waals surface area contributed by atoms with E-state index < -0.39 is 0 Å². The molecule has 15 aromatic rings. The molecule has 754 valence electrons. The van der Waals surface area contributed by atoms with Crippen molar-refractivity contribution in [3.63, 3.8) is 0 Å². The standard InChI is InChI=1S/C25H29N5O.2C22H25N5OS.C21H22ClN5OS.C21H23N5OS/c1-2-17-5-3-6-18(13-17)22-9-8-21(27)25(29-22)24(31)14-19-15-28-11-10-23(19)30-12-4-7-20(26)16-30;1-14-7-10-29-22(14)18-5-4-17(24)21(26-18)20(28)11-15-12-25-8-6-19(15)27-9-2-3-16(23)13-27;1-14-9-21(29-13-14)18-5-4-17(24)22(26-18)20(28)10-15-11-25-7-6-19(15)27-8-2-3-16(23)12-27;22-20-6-5-19(29-20)16-4-3-15(24)21(26-16)18(28)10-13-11-25-8-7-17(13)27-9-1-2-14(23)12-27;22-16-2-1-8-26(12-16)19-5-7-24-11-15(19)10-20(27)21-17(23)3-4-18(25-21)14-6-9-28-13-14/h3,5-6,8-11,13,15,20H,2,4,7,12,14,16,26-27H2,1H3;4-8,10,12,16H,2-3,9,11,13,23-24H2,1H3;4-7,9,11,13,16H,2-3,8,10,12,23-24H2,1H3;3-8,11,14H,1-2,9-10,12,23-24H2;3-7,9,11,13,16H,1-2,8,10,12,22-23H2/t20-;2*16-;14-;16-/m00000/s1. The summed E-state index contributed by atoms with van der Waals surface area (Å²) in [6.07, 6.45) is 29.9. The molecule has 30 nitrogen and oxygen atoms in total. The van der Waals surface area contributed by atoms with Gasteiger partial charge in [-0.25, -0.2) is 24.9 Å². The first-order valence-corrected chi connectivity index (χ1v) is 53.2. The molecule has 20 rings (SSSR count). The molecule has 5 atom stereocenters. The van der Waals surface area contributed by atoms with E-state index in [4.69, 9.17) is 68.9 Å². The van der Waals surface area contributed by atoms with Gasteiger partial charge in [0.05, 0.1) is 75.9 Å². The topological polar surface area (TPSA) is 491 Å². The van der Waals surface area contributed by atoms with Gasteiger partial charge in [0.1, 0.15) is 28.5 Å². The number of benzene rings is 1. The second-order valence-corrected chi connectivity index (χ2v) is 41.8. The zero-order valence-corrected chi connectivity index (χ0v) is 86.3. The molecule has 19 heterocycles. The van der Waals surface area contributed by atoms with Gasteiger partial charge in [0.15, 0.2) is 28.9 Å². The number of piperidine rings is 5. The number of anilines is 10. The number of nitrogen functional groups attached to an aromatic ring is 5. The number of nitrogens with zero attached hydrogens (tertiary/aromatic N) is 15. The average Bonchev–Trinajstić information content (AvgIpc) is 1.04. The van der Waals surface area contributed by atoms with Crippen LogP contribution in [0.5, 0.6) is 0 Å². The Labute approximate surface area is 872 Å². The molecule has 5 saturated heterocycles. The summed E-state index contributed by atoms with van der Waals surface area (Å²) in [5.74, 6) is -0.559. The first-order valence-electron chi connectivity index (χ1n) is 49.3. The van der Waals surface area contributed by atoms with Gasteiger partial charge in [-0.3, -0.25) is 48.9 Å². The van der Waals surface area contributed by atoms with Crippen molar-refractivity contribution in [1.82, 2.24) is 49.8 Å². The Morgan fingerprint density at radius 3 is 1.00 bits per heavy atom. The molecule has 1 aromatic carbocycles. The number of Topliss-reactive ketones (excluding diaryl/α,β-unsaturated/α-hetero) is 5. The lowest BCUT2D eigenvalue weighted by Gasteiger charge is -2.33. The number of thiophene rings is 4. The molecule has 14 aromatic heterocycles. The van der Waals surface area contributed by atoms with Crippen molar-refractivity contribution in [2.45, 2.75) is 154 Å². The van der Waals surface area contributed by atoms with E-state index >= 15 is 0 Å². The third-order valence-electron chi connectivity index (χ3n) is 26.4. The smallest absolute Gasteiger partial charge is 0.187 e. The highest BCUT2D eigenvalue weighted by Crippen LogP contribution is 2.38. The largest absolute Gasteiger partial charge is 0.397 e. The van der Waals surface area contributed by atoms with E-state index in [0.717, 1.165) is 246 Å². The fraction of sp³-hybridized carbons (Fsp3) is 0.306. The van der Waals surface area contributed by atoms with Gasteiger partial charge in [0.25, 0.3) is 0 Å². The van der Waals surface area contributed by atoms with Crippen molar-refractivity contribution in [3.05, 3.63) is 306 Å². The maximum absolute atomic E-state index is 13.2. The van der Waals surface area contributed by atoms with Crippen LogP contribution in [0, 0.1) is 13.8 Å². The third kappa shape index (κ3) is 27.0. The molecule has 0 radical (unpaired) electrons. The lowest BCUT2D eigenvalue weighted by Crippen LogP contribution is -2.43. The minimum atomic E-state index is -0.137. The second-order valence-electron chi connectivity index (χ2n) is 37.5. The predicted octanol–water partition coefficient (Wildman–Crippen LogP) is 17.5. The van der Waals surface area contributed by atoms with Crippen LogP contribution < -0.4 is 81.8 Å². The maximum atomic E-state index is 13.2. The molecule has 0 unspecified atom stereocenters. The summed E-state index contributed by atoms with van der Waals surface area (Å²) in [5.41, 5.74) is 83.5. The SMILES string of the molecule is CCc1cccc(-c2ccc(N)c(C(=O)Cc3cnccc3N3CCC[C@H](N)C3)n2)c1.Cc1ccsc1-c1ccc(N)c(C(=O)Cc2cnccc2N2CCC[C@H](N)C2)n1.Cc1csc(-c2ccc(N)c(C(=O)Cc3cnccc3N3CCC[C@H](N)C3)n2)c1.Nc1ccc(-c2ccc(Cl)s2)nc1C(=O)Cc1cnccc1N1CCC[C@H](N)C1.Nc1ccc(-c2ccsc2)nc1C(=O)Cc1cnccc1N1CCC[C@H](N)C1. The number of aryl methyl sites for hydroxylation is 3. The molecule has 0 bridgehead atoms. The number of rotatable bonds is 26. The first-order chi connectivity index (χ1) is 70.7. The van der Waals surface area contributed by atoms with E-state index in [2.05, 4.69) is 105 Å². The predicted molar refractivity (Wildman–Crippen MR) is 594 cm³/mol. The number of carbonyl (C=O) groups is 5. The van der Waals surface area contributed by atoms with Crippen molar-refractivity contribution in [1.29, 1.82) is 0 Å². The molecule has 0 spiro atoms. The molecular weight excluding hydrogens is 1930 g/mol. The Balaban J connectivity index is 0.000000131. The molecular formula is C111H124ClN25O5S4. The van der Waals surface area contributed by atoms with Gasteiger partial charge in [-0.05, 0) is 245 Å². The van der Waals surface area contributed by atoms with E-state index in [1.54, 1.807) is 132 Å². The van der Waals surface area contributed by atoms with Gasteiger partial charge >= 0.3 is 0 Å². The summed E-state index contributed by atoms with van der Waals surface area (Å²) in [6.45, 7) is 14.8. The minimum absolute atomic E-state index is 0.103. The lowest BCUT2D eigenvalue weighted by atomic mass is 10.0. The van der Waals surface area contributed by atoms with Crippen molar-refractivity contribution in [2.75, 3.05) is 119 Å². The van der Waals surface area contributed by atoms with Crippen LogP contribution in [0.15, 0.2) is 229 Å². The second kappa shape index (κ2) is 49.7. The minimum Gasteiger partial charge on any atom is -0.397 e. The Kier molecular flexibility index (Phi) is 35.7. The summed E-state index contributed by atoms with van der Waals surface area (Å²) in [7, 11) is 0. The van der Waals surface area contributed by atoms with Crippen LogP contribution in [0.2, 0.25) is 4.34 Å². The van der Waals surface area contributed by atoms with E-state index in [-0.39, 0.29) is 96.9 Å². The van der Waals surface area contributed by atoms with E-state index in [9.17, 15) is 24.0 Å². The average molecular weight is 2050 g/mol. The quantitative estimate of drug-likeness (QED) is 0.0225. The lowest BCUT2D eigenvalue weighted by molar-refractivity contribution is 0.0981. The van der Waals surface area contributed by atoms with Crippen LogP contribution in [0.3, 0.4) is 0 Å². The fourth-order valence-corrected chi connectivity index (χ4v) is 22.4. The van der Waals surface area contributed by atoms with Crippen LogP contribution in [0.1, 0.15) is 168 Å². The van der Waals surface area contributed by atoms with Crippen LogP contribution in [0.4, 0.5) is 56.9 Å². The highest BCUT2D eigenvalue weighted by atomic mass is 35.5. The summed E-state index contributed by atoms with van der Waals surface area (Å²) in [5, 5.41) is 8.08. The Morgan fingerprint density at radius 2 is 0.692 bits per heavy atom. The molecule has 35 heteroatoms. The van der Waals surface area contributed by atoms with Gasteiger partial charge in [-0.2, -0.15) is 11.3 Å². The zero-order chi connectivity index (χ0) is 102. The molecule has 146 heavy (non-hydrogen) atoms. The highest BCUT2D eigenvalue weighted by molar-refractivity contribution is 7.19. The number of aromatic nitrogens is 10. The molecule has 5 fully saturated rings. The number of halogens is 1. The van der Waals surface area contributed by atoms with Crippen LogP contribution >= 0.6 is 56.9 Å². The molecule has 20 N–H and O–H groups in total. The number of carbonyl (C=O) groups excluding carboxylic acids is 5. The van der Waals surface area contributed by atoms with Gasteiger partial charge in [-0.15, -0.1) is 34.0 Å². The van der Waals surface area contributed by atoms with E-state index in [1.165, 1.54) is 22.5 Å². The molecule has 0 saturated carbocycles. The molecule has 5 aliphatic heterocycles. The van der Waals surface area contributed by atoms with Crippen LogP contribution in [0.25, 0.3) is 54.2 Å². The number of ketones is 5. The number of nitrogens with two attached hydrogens (primary N) is 10. The van der Waals surface area contributed by atoms with Crippen LogP contribution in [-0.2, 0) is 38.5 Å². The third-order valence-corrected chi connectivity index (χ3v) is 30.5. The van der Waals surface area contributed by atoms with Crippen molar-refractivity contribution < 1.29 is 24.0 Å². The maximum Gasteiger partial charge on any atom is 0.187 e. The summed E-state index contributed by atoms with van der Waals surface area (Å²) in [4.78, 5) is 124. The Hall–Kier alpha value is -14.0. The molecule has 5 aliphatic rings. The number of pyridine rings is 10. The normalized spacial score (nSPS) is 16.7. The van der Waals surface area contributed by atoms with Crippen molar-refractivity contribution >= 4 is 143 Å². The summed E-state index contributed by atoms with van der Waals surface area (Å²) < 4.78 is 0.672. The fourth-order valence-electron chi connectivity index (χ4n) is 19.0. The van der Waals surface area contributed by atoms with Gasteiger partial charge in [-0.1, -0.05) is 36.7 Å². The highest BCUT2D eigenvalue weighted by Gasteiger charge is 2.31. The van der Waals surface area contributed by atoms with Crippen LogP contribution in [-0.4, -0.2) is 174 Å². The summed E-state index contributed by atoms with van der Waals surface area (Å²) >= 11 is 12.3. The molecule has 0 amide bonds. The van der Waals surface area contributed by atoms with Crippen molar-refractivity contribution in [2.24, 2.45) is 28.7 Å². The monoisotopic (exact) mass is 2050 g/mol. The first kappa shape index (κ1) is 105. The van der Waals surface area contributed by atoms with E-state index in [1.807, 2.05) is 121 Å². The molecule has 0 aliphatic carbocycles. The van der Waals surface area contributed by atoms with Gasteiger partial charge in [0.2, 0.25) is 0 Å². The van der Waals surface area contributed by atoms with Gasteiger partial charge in [0, 0.05) is 262 Å². The van der Waals surface area contributed by atoms with Gasteiger partial charge < -0.3 is 81.8 Å². The van der Waals surface area contributed by atoms with Crippen molar-refractivity contribution in [3.8, 4) is 54.2 Å².